The molecule has 112 valence electrons. The number of aryl methyl sites for hydroxylation is 1. The third kappa shape index (κ3) is 2.61. The first-order valence-corrected chi connectivity index (χ1v) is 7.41. The van der Waals surface area contributed by atoms with Crippen LogP contribution < -0.4 is 11.1 Å². The smallest absolute Gasteiger partial charge is 0.252 e. The molecule has 0 unspecified atom stereocenters. The minimum Gasteiger partial charge on any atom is -0.365 e. The van der Waals surface area contributed by atoms with E-state index in [2.05, 4.69) is 15.5 Å². The van der Waals surface area contributed by atoms with Crippen LogP contribution in [0.2, 0.25) is 0 Å². The molecule has 0 spiro atoms. The standard InChI is InChI=1S/C14H11FIN5O/c1-7-19-20-13-5-12(9(14(17)22)6-21(7)13)18-11-3-2-8(16)4-10(11)15/h2-6,18H,1H3,(H2,17,22). The third-order valence-electron chi connectivity index (χ3n) is 3.18. The van der Waals surface area contributed by atoms with Gasteiger partial charge >= 0.3 is 0 Å². The van der Waals surface area contributed by atoms with Gasteiger partial charge in [-0.3, -0.25) is 9.20 Å². The topological polar surface area (TPSA) is 85.3 Å². The maximum absolute atomic E-state index is 14.0. The maximum Gasteiger partial charge on any atom is 0.252 e. The maximum atomic E-state index is 14.0. The Bertz CT molecular complexity index is 892. The highest BCUT2D eigenvalue weighted by Gasteiger charge is 2.14. The van der Waals surface area contributed by atoms with Gasteiger partial charge in [-0.05, 0) is 47.7 Å². The quantitative estimate of drug-likeness (QED) is 0.649. The molecular formula is C14H11FIN5O. The number of hydrogen-bond donors (Lipinski definition) is 2. The molecule has 0 bridgehead atoms. The summed E-state index contributed by atoms with van der Waals surface area (Å²) in [5.74, 6) is -0.409. The van der Waals surface area contributed by atoms with Crippen LogP contribution in [-0.2, 0) is 0 Å². The molecule has 0 aliphatic rings. The van der Waals surface area contributed by atoms with Gasteiger partial charge in [0.05, 0.1) is 16.9 Å². The van der Waals surface area contributed by atoms with E-state index in [4.69, 9.17) is 5.73 Å². The molecule has 0 saturated carbocycles. The number of carbonyl (C=O) groups is 1. The number of benzene rings is 1. The number of aromatic nitrogens is 3. The van der Waals surface area contributed by atoms with Crippen molar-refractivity contribution in [1.82, 2.24) is 14.6 Å². The second-order valence-electron chi connectivity index (χ2n) is 4.69. The Labute approximate surface area is 138 Å². The van der Waals surface area contributed by atoms with Crippen molar-refractivity contribution in [3.8, 4) is 0 Å². The summed E-state index contributed by atoms with van der Waals surface area (Å²) in [5.41, 5.74) is 6.82. The molecule has 6 nitrogen and oxygen atoms in total. The number of nitrogens with one attached hydrogen (secondary N) is 1. The fourth-order valence-electron chi connectivity index (χ4n) is 2.08. The summed E-state index contributed by atoms with van der Waals surface area (Å²) in [6.45, 7) is 1.76. The number of halogens is 2. The van der Waals surface area contributed by atoms with Crippen LogP contribution in [0.1, 0.15) is 16.2 Å². The highest BCUT2D eigenvalue weighted by Crippen LogP contribution is 2.25. The molecule has 3 aromatic rings. The summed E-state index contributed by atoms with van der Waals surface area (Å²) in [4.78, 5) is 11.7. The lowest BCUT2D eigenvalue weighted by Crippen LogP contribution is -2.15. The van der Waals surface area contributed by atoms with E-state index < -0.39 is 11.7 Å². The Morgan fingerprint density at radius 2 is 2.09 bits per heavy atom. The van der Waals surface area contributed by atoms with Gasteiger partial charge in [0.25, 0.3) is 5.91 Å². The van der Waals surface area contributed by atoms with E-state index in [0.717, 1.165) is 3.57 Å². The van der Waals surface area contributed by atoms with E-state index in [1.165, 1.54) is 6.07 Å². The van der Waals surface area contributed by atoms with Crippen LogP contribution in [0.4, 0.5) is 15.8 Å². The number of primary amides is 1. The van der Waals surface area contributed by atoms with E-state index in [1.807, 2.05) is 22.6 Å². The largest absolute Gasteiger partial charge is 0.365 e. The van der Waals surface area contributed by atoms with Gasteiger partial charge in [-0.1, -0.05) is 0 Å². The number of fused-ring (bicyclic) bond motifs is 1. The number of hydrogen-bond acceptors (Lipinski definition) is 4. The van der Waals surface area contributed by atoms with Gasteiger partial charge in [-0.25, -0.2) is 4.39 Å². The summed E-state index contributed by atoms with van der Waals surface area (Å²) in [6.07, 6.45) is 1.54. The van der Waals surface area contributed by atoms with Crippen molar-refractivity contribution in [3.05, 3.63) is 51.2 Å². The Kier molecular flexibility index (Phi) is 3.69. The fraction of sp³-hybridized carbons (Fsp3) is 0.0714. The molecule has 0 radical (unpaired) electrons. The van der Waals surface area contributed by atoms with Crippen molar-refractivity contribution in [3.63, 3.8) is 0 Å². The zero-order valence-corrected chi connectivity index (χ0v) is 13.6. The summed E-state index contributed by atoms with van der Waals surface area (Å²) in [5, 5.41) is 10.8. The van der Waals surface area contributed by atoms with Crippen molar-refractivity contribution in [2.75, 3.05) is 5.32 Å². The van der Waals surface area contributed by atoms with Crippen LogP contribution >= 0.6 is 22.6 Å². The van der Waals surface area contributed by atoms with Crippen LogP contribution in [0.25, 0.3) is 5.65 Å². The molecule has 0 aliphatic carbocycles. The molecule has 3 N–H and O–H groups in total. The first kappa shape index (κ1) is 14.7. The van der Waals surface area contributed by atoms with E-state index in [0.29, 0.717) is 17.2 Å². The van der Waals surface area contributed by atoms with Gasteiger partial charge in [-0.15, -0.1) is 10.2 Å². The molecule has 1 amide bonds. The van der Waals surface area contributed by atoms with Gasteiger partial charge < -0.3 is 11.1 Å². The van der Waals surface area contributed by atoms with Gasteiger partial charge in [0.1, 0.15) is 11.6 Å². The van der Waals surface area contributed by atoms with Crippen molar-refractivity contribution < 1.29 is 9.18 Å². The first-order chi connectivity index (χ1) is 10.5. The molecule has 0 fully saturated rings. The normalized spacial score (nSPS) is 10.9. The van der Waals surface area contributed by atoms with E-state index in [1.54, 1.807) is 35.7 Å². The molecule has 2 heterocycles. The highest BCUT2D eigenvalue weighted by atomic mass is 127. The Morgan fingerprint density at radius 3 is 2.77 bits per heavy atom. The minimum atomic E-state index is -0.622. The molecule has 3 rings (SSSR count). The number of nitrogens with two attached hydrogens (primary N) is 1. The van der Waals surface area contributed by atoms with Crippen molar-refractivity contribution in [2.45, 2.75) is 6.92 Å². The van der Waals surface area contributed by atoms with Crippen LogP contribution in [0.3, 0.4) is 0 Å². The number of pyridine rings is 1. The lowest BCUT2D eigenvalue weighted by atomic mass is 10.2. The monoisotopic (exact) mass is 411 g/mol. The van der Waals surface area contributed by atoms with Crippen LogP contribution in [0.15, 0.2) is 30.5 Å². The molecule has 22 heavy (non-hydrogen) atoms. The average Bonchev–Trinajstić information content (AvgIpc) is 2.82. The zero-order valence-electron chi connectivity index (χ0n) is 11.5. The molecule has 0 saturated heterocycles. The second kappa shape index (κ2) is 5.52. The first-order valence-electron chi connectivity index (χ1n) is 6.33. The predicted molar refractivity (Wildman–Crippen MR) is 88.6 cm³/mol. The molecular weight excluding hydrogens is 400 g/mol. The lowest BCUT2D eigenvalue weighted by Gasteiger charge is -2.12. The number of carbonyl (C=O) groups excluding carboxylic acids is 1. The van der Waals surface area contributed by atoms with Crippen LogP contribution in [0, 0.1) is 16.3 Å². The van der Waals surface area contributed by atoms with Gasteiger partial charge in [0, 0.05) is 15.8 Å². The SMILES string of the molecule is Cc1nnc2cc(Nc3ccc(I)cc3F)c(C(N)=O)cn12. The molecule has 8 heteroatoms. The predicted octanol–water partition coefficient (Wildman–Crippen LogP) is 2.62. The molecule has 0 atom stereocenters. The fourth-order valence-corrected chi connectivity index (χ4v) is 2.54. The summed E-state index contributed by atoms with van der Waals surface area (Å²) < 4.78 is 16.4. The number of rotatable bonds is 3. The molecule has 0 aliphatic heterocycles. The highest BCUT2D eigenvalue weighted by molar-refractivity contribution is 14.1. The molecule has 1 aromatic carbocycles. The van der Waals surface area contributed by atoms with Crippen molar-refractivity contribution in [2.24, 2.45) is 5.73 Å². The average molecular weight is 411 g/mol. The summed E-state index contributed by atoms with van der Waals surface area (Å²) in [7, 11) is 0. The minimum absolute atomic E-state index is 0.230. The second-order valence-corrected chi connectivity index (χ2v) is 5.94. The van der Waals surface area contributed by atoms with Crippen LogP contribution in [-0.4, -0.2) is 20.5 Å². The van der Waals surface area contributed by atoms with Gasteiger partial charge in [0.2, 0.25) is 0 Å². The lowest BCUT2D eigenvalue weighted by molar-refractivity contribution is 0.100. The van der Waals surface area contributed by atoms with E-state index in [-0.39, 0.29) is 11.3 Å². The van der Waals surface area contributed by atoms with Crippen molar-refractivity contribution >= 4 is 45.5 Å². The Hall–Kier alpha value is -2.23. The Balaban J connectivity index is 2.12. The van der Waals surface area contributed by atoms with Gasteiger partial charge in [-0.2, -0.15) is 0 Å². The summed E-state index contributed by atoms with van der Waals surface area (Å²) in [6, 6.07) is 6.36. The zero-order chi connectivity index (χ0) is 15.9. The molecule has 2 aromatic heterocycles. The van der Waals surface area contributed by atoms with Crippen molar-refractivity contribution in [1.29, 1.82) is 0 Å². The van der Waals surface area contributed by atoms with Crippen LogP contribution in [0.5, 0.6) is 0 Å². The van der Waals surface area contributed by atoms with Gasteiger partial charge in [0.15, 0.2) is 5.65 Å². The number of nitrogens with zero attached hydrogens (tertiary/aromatic N) is 3. The summed E-state index contributed by atoms with van der Waals surface area (Å²) >= 11 is 2.02. The van der Waals surface area contributed by atoms with E-state index >= 15 is 0 Å². The third-order valence-corrected chi connectivity index (χ3v) is 3.85. The Morgan fingerprint density at radius 1 is 1.32 bits per heavy atom. The number of amides is 1. The van der Waals surface area contributed by atoms with E-state index in [9.17, 15) is 9.18 Å². The number of anilines is 2.